The van der Waals surface area contributed by atoms with Crippen LogP contribution >= 0.6 is 0 Å². The first-order valence-electron chi connectivity index (χ1n) is 8.16. The van der Waals surface area contributed by atoms with Crippen molar-refractivity contribution in [3.05, 3.63) is 42.5 Å². The second kappa shape index (κ2) is 8.26. The van der Waals surface area contributed by atoms with Crippen molar-refractivity contribution in [1.82, 2.24) is 4.72 Å². The zero-order chi connectivity index (χ0) is 17.6. The van der Waals surface area contributed by atoms with Gasteiger partial charge in [-0.2, -0.15) is 4.72 Å². The summed E-state index contributed by atoms with van der Waals surface area (Å²) in [6.45, 7) is 3.91. The summed E-state index contributed by atoms with van der Waals surface area (Å²) in [6, 6.07) is 11.5. The molecule has 0 fully saturated rings. The summed E-state index contributed by atoms with van der Waals surface area (Å²) in [5.74, 6) is -0.533. The first kappa shape index (κ1) is 18.4. The third kappa shape index (κ3) is 4.33. The third-order valence-corrected chi connectivity index (χ3v) is 5.28. The maximum absolute atomic E-state index is 12.8. The van der Waals surface area contributed by atoms with E-state index >= 15 is 0 Å². The van der Waals surface area contributed by atoms with Crippen LogP contribution in [0.5, 0.6) is 0 Å². The van der Waals surface area contributed by atoms with Crippen molar-refractivity contribution in [1.29, 1.82) is 0 Å². The fourth-order valence-corrected chi connectivity index (χ4v) is 4.01. The number of ether oxygens (including phenoxy) is 1. The molecule has 130 valence electrons. The Morgan fingerprint density at radius 2 is 1.83 bits per heavy atom. The number of hydrogen-bond acceptors (Lipinski definition) is 4. The van der Waals surface area contributed by atoms with Gasteiger partial charge in [-0.05, 0) is 24.8 Å². The number of nitrogens with one attached hydrogen (secondary N) is 1. The first-order chi connectivity index (χ1) is 11.5. The Hall–Kier alpha value is -1.92. The molecular weight excluding hydrogens is 326 g/mol. The summed E-state index contributed by atoms with van der Waals surface area (Å²) in [5.41, 5.74) is 0. The van der Waals surface area contributed by atoms with E-state index in [0.717, 1.165) is 18.2 Å². The third-order valence-electron chi connectivity index (χ3n) is 3.75. The van der Waals surface area contributed by atoms with Crippen LogP contribution in [-0.2, 0) is 19.6 Å². The largest absolute Gasteiger partial charge is 0.465 e. The Kier molecular flexibility index (Phi) is 6.34. The average Bonchev–Trinajstić information content (AvgIpc) is 2.58. The molecule has 2 rings (SSSR count). The van der Waals surface area contributed by atoms with Gasteiger partial charge >= 0.3 is 5.97 Å². The summed E-state index contributed by atoms with van der Waals surface area (Å²) < 4.78 is 33.1. The van der Waals surface area contributed by atoms with Crippen LogP contribution in [0.1, 0.15) is 33.1 Å². The summed E-state index contributed by atoms with van der Waals surface area (Å²) in [5, 5.41) is 1.47. The van der Waals surface area contributed by atoms with Crippen LogP contribution in [0.3, 0.4) is 0 Å². The van der Waals surface area contributed by atoms with Crippen LogP contribution in [-0.4, -0.2) is 27.0 Å². The standard InChI is InChI=1S/C18H23NO4S/c1-3-5-12-16(18(20)23-4-2)19-24(21,22)17-13-8-10-14-9-6-7-11-15(14)17/h6-11,13,16,19H,3-5,12H2,1-2H3. The molecule has 1 atom stereocenters. The van der Waals surface area contributed by atoms with E-state index in [1.165, 1.54) is 0 Å². The number of fused-ring (bicyclic) bond motifs is 1. The van der Waals surface area contributed by atoms with Crippen LogP contribution in [0.25, 0.3) is 10.8 Å². The molecule has 0 bridgehead atoms. The molecule has 0 heterocycles. The normalized spacial score (nSPS) is 12.9. The SMILES string of the molecule is CCCCC(NS(=O)(=O)c1cccc2ccccc12)C(=O)OCC. The van der Waals surface area contributed by atoms with Crippen LogP contribution in [0, 0.1) is 0 Å². The smallest absolute Gasteiger partial charge is 0.324 e. The second-order valence-electron chi connectivity index (χ2n) is 5.55. The maximum atomic E-state index is 12.8. The van der Waals surface area contributed by atoms with Gasteiger partial charge in [0.25, 0.3) is 0 Å². The molecule has 0 aromatic heterocycles. The highest BCUT2D eigenvalue weighted by Gasteiger charge is 2.27. The molecule has 2 aromatic carbocycles. The summed E-state index contributed by atoms with van der Waals surface area (Å²) in [7, 11) is -3.83. The Labute approximate surface area is 143 Å². The highest BCUT2D eigenvalue weighted by Crippen LogP contribution is 2.23. The maximum Gasteiger partial charge on any atom is 0.324 e. The number of carbonyl (C=O) groups excluding carboxylic acids is 1. The monoisotopic (exact) mass is 349 g/mol. The van der Waals surface area contributed by atoms with Gasteiger partial charge in [0.15, 0.2) is 0 Å². The molecule has 0 saturated heterocycles. The topological polar surface area (TPSA) is 72.5 Å². The fourth-order valence-electron chi connectivity index (χ4n) is 2.56. The van der Waals surface area contributed by atoms with Gasteiger partial charge in [0.1, 0.15) is 6.04 Å². The zero-order valence-electron chi connectivity index (χ0n) is 14.0. The molecule has 0 amide bonds. The quantitative estimate of drug-likeness (QED) is 0.743. The van der Waals surface area contributed by atoms with Crippen molar-refractivity contribution in [3.8, 4) is 0 Å². The average molecular weight is 349 g/mol. The number of hydrogen-bond donors (Lipinski definition) is 1. The molecule has 0 radical (unpaired) electrons. The Morgan fingerprint density at radius 3 is 2.54 bits per heavy atom. The predicted molar refractivity (Wildman–Crippen MR) is 94.2 cm³/mol. The molecule has 0 aliphatic rings. The molecule has 5 nitrogen and oxygen atoms in total. The minimum atomic E-state index is -3.83. The van der Waals surface area contributed by atoms with Crippen LogP contribution in [0.2, 0.25) is 0 Å². The number of carbonyl (C=O) groups is 1. The van der Waals surface area contributed by atoms with Crippen LogP contribution in [0.4, 0.5) is 0 Å². The van der Waals surface area contributed by atoms with Crippen molar-refractivity contribution in [3.63, 3.8) is 0 Å². The lowest BCUT2D eigenvalue weighted by atomic mass is 10.1. The highest BCUT2D eigenvalue weighted by molar-refractivity contribution is 7.89. The molecule has 24 heavy (non-hydrogen) atoms. The van der Waals surface area contributed by atoms with Gasteiger partial charge in [0.05, 0.1) is 11.5 Å². The number of unbranched alkanes of at least 4 members (excludes halogenated alkanes) is 1. The minimum Gasteiger partial charge on any atom is -0.465 e. The highest BCUT2D eigenvalue weighted by atomic mass is 32.2. The lowest BCUT2D eigenvalue weighted by Crippen LogP contribution is -2.41. The number of benzene rings is 2. The minimum absolute atomic E-state index is 0.173. The molecule has 0 aliphatic heterocycles. The zero-order valence-corrected chi connectivity index (χ0v) is 14.8. The lowest BCUT2D eigenvalue weighted by molar-refractivity contribution is -0.145. The van der Waals surface area contributed by atoms with E-state index in [-0.39, 0.29) is 11.5 Å². The molecular formula is C18H23NO4S. The molecule has 0 aliphatic carbocycles. The van der Waals surface area contributed by atoms with Gasteiger partial charge in [-0.15, -0.1) is 0 Å². The van der Waals surface area contributed by atoms with Gasteiger partial charge < -0.3 is 4.74 Å². The predicted octanol–water partition coefficient (Wildman–Crippen LogP) is 3.24. The number of esters is 1. The van der Waals surface area contributed by atoms with Crippen LogP contribution in [0.15, 0.2) is 47.4 Å². The number of sulfonamides is 1. The van der Waals surface area contributed by atoms with E-state index in [0.29, 0.717) is 11.8 Å². The van der Waals surface area contributed by atoms with E-state index in [1.54, 1.807) is 31.2 Å². The fraction of sp³-hybridized carbons (Fsp3) is 0.389. The second-order valence-corrected chi connectivity index (χ2v) is 7.23. The summed E-state index contributed by atoms with van der Waals surface area (Å²) in [4.78, 5) is 12.2. The summed E-state index contributed by atoms with van der Waals surface area (Å²) >= 11 is 0. The number of rotatable bonds is 8. The van der Waals surface area contributed by atoms with Crippen molar-refractivity contribution in [2.75, 3.05) is 6.61 Å². The van der Waals surface area contributed by atoms with E-state index in [4.69, 9.17) is 4.74 Å². The molecule has 0 spiro atoms. The van der Waals surface area contributed by atoms with Gasteiger partial charge in [0, 0.05) is 5.39 Å². The Bertz CT molecular complexity index is 796. The van der Waals surface area contributed by atoms with Gasteiger partial charge in [-0.25, -0.2) is 8.42 Å². The Balaban J connectivity index is 2.34. The molecule has 6 heteroatoms. The van der Waals surface area contributed by atoms with Gasteiger partial charge in [0.2, 0.25) is 10.0 Å². The molecule has 0 saturated carbocycles. The molecule has 1 N–H and O–H groups in total. The van der Waals surface area contributed by atoms with Crippen molar-refractivity contribution in [2.24, 2.45) is 0 Å². The van der Waals surface area contributed by atoms with E-state index < -0.39 is 22.0 Å². The first-order valence-corrected chi connectivity index (χ1v) is 9.64. The summed E-state index contributed by atoms with van der Waals surface area (Å²) in [6.07, 6.45) is 2.02. The molecule has 1 unspecified atom stereocenters. The van der Waals surface area contributed by atoms with Crippen LogP contribution < -0.4 is 4.72 Å². The van der Waals surface area contributed by atoms with Crippen molar-refractivity contribution < 1.29 is 17.9 Å². The van der Waals surface area contributed by atoms with E-state index in [1.807, 2.05) is 25.1 Å². The van der Waals surface area contributed by atoms with E-state index in [9.17, 15) is 13.2 Å². The van der Waals surface area contributed by atoms with Gasteiger partial charge in [-0.3, -0.25) is 4.79 Å². The van der Waals surface area contributed by atoms with Crippen molar-refractivity contribution >= 4 is 26.8 Å². The van der Waals surface area contributed by atoms with Gasteiger partial charge in [-0.1, -0.05) is 56.2 Å². The Morgan fingerprint density at radius 1 is 1.12 bits per heavy atom. The molecule has 2 aromatic rings. The van der Waals surface area contributed by atoms with E-state index in [2.05, 4.69) is 4.72 Å². The lowest BCUT2D eigenvalue weighted by Gasteiger charge is -2.18. The van der Waals surface area contributed by atoms with Crippen molar-refractivity contribution in [2.45, 2.75) is 44.0 Å².